The lowest BCUT2D eigenvalue weighted by molar-refractivity contribution is 0.0697. The maximum atomic E-state index is 10.8. The van der Waals surface area contributed by atoms with Crippen LogP contribution < -0.4 is 4.74 Å². The molecule has 2 aromatic carbocycles. The van der Waals surface area contributed by atoms with Crippen LogP contribution in [0.5, 0.6) is 11.5 Å². The van der Waals surface area contributed by atoms with Crippen LogP contribution in [0, 0.1) is 0 Å². The summed E-state index contributed by atoms with van der Waals surface area (Å²) in [6, 6.07) is 12.1. The lowest BCUT2D eigenvalue weighted by Gasteiger charge is -2.09. The molecule has 1 N–H and O–H groups in total. The fraction of sp³-hybridized carbons (Fsp3) is 0.133. The number of hydrogen-bond acceptors (Lipinski definition) is 2. The van der Waals surface area contributed by atoms with Crippen LogP contribution >= 0.6 is 11.6 Å². The quantitative estimate of drug-likeness (QED) is 0.901. The molecule has 4 heteroatoms. The molecule has 0 spiro atoms. The van der Waals surface area contributed by atoms with E-state index in [-0.39, 0.29) is 10.6 Å². The second-order valence-electron chi connectivity index (χ2n) is 4.05. The standard InChI is InChI=1S/C15H13ClO3/c1-2-10-4-3-5-12(8-10)19-14-7-6-11(15(17)18)9-13(14)16/h3-9H,2H2,1H3,(H,17,18). The van der Waals surface area contributed by atoms with Gasteiger partial charge in [-0.3, -0.25) is 0 Å². The van der Waals surface area contributed by atoms with Gasteiger partial charge in [-0.2, -0.15) is 0 Å². The Kier molecular flexibility index (Phi) is 4.07. The predicted molar refractivity (Wildman–Crippen MR) is 74.3 cm³/mol. The van der Waals surface area contributed by atoms with Gasteiger partial charge in [0, 0.05) is 0 Å². The molecule has 0 unspecified atom stereocenters. The van der Waals surface area contributed by atoms with Gasteiger partial charge in [0.05, 0.1) is 10.6 Å². The van der Waals surface area contributed by atoms with Crippen LogP contribution in [0.2, 0.25) is 5.02 Å². The summed E-state index contributed by atoms with van der Waals surface area (Å²) < 4.78 is 5.66. The molecule has 0 bridgehead atoms. The van der Waals surface area contributed by atoms with E-state index < -0.39 is 5.97 Å². The molecular weight excluding hydrogens is 264 g/mol. The van der Waals surface area contributed by atoms with Crippen LogP contribution in [0.25, 0.3) is 0 Å². The summed E-state index contributed by atoms with van der Waals surface area (Å²) in [6.45, 7) is 2.06. The monoisotopic (exact) mass is 276 g/mol. The van der Waals surface area contributed by atoms with Crippen LogP contribution in [0.15, 0.2) is 42.5 Å². The second-order valence-corrected chi connectivity index (χ2v) is 4.46. The highest BCUT2D eigenvalue weighted by Crippen LogP contribution is 2.30. The number of aromatic carboxylic acids is 1. The number of carboxylic acids is 1. The smallest absolute Gasteiger partial charge is 0.335 e. The lowest BCUT2D eigenvalue weighted by atomic mass is 10.1. The Bertz CT molecular complexity index is 608. The number of carbonyl (C=O) groups is 1. The highest BCUT2D eigenvalue weighted by atomic mass is 35.5. The molecule has 0 aliphatic heterocycles. The van der Waals surface area contributed by atoms with Crippen LogP contribution in [-0.4, -0.2) is 11.1 Å². The average Bonchev–Trinajstić information content (AvgIpc) is 2.41. The van der Waals surface area contributed by atoms with Crippen molar-refractivity contribution in [3.8, 4) is 11.5 Å². The van der Waals surface area contributed by atoms with Gasteiger partial charge in [-0.15, -0.1) is 0 Å². The molecule has 2 aromatic rings. The summed E-state index contributed by atoms with van der Waals surface area (Å²) in [7, 11) is 0. The highest BCUT2D eigenvalue weighted by Gasteiger charge is 2.08. The van der Waals surface area contributed by atoms with Gasteiger partial charge in [0.2, 0.25) is 0 Å². The van der Waals surface area contributed by atoms with Gasteiger partial charge in [-0.05, 0) is 42.3 Å². The minimum atomic E-state index is -1.01. The van der Waals surface area contributed by atoms with Gasteiger partial charge in [0.15, 0.2) is 0 Å². The molecule has 0 saturated heterocycles. The van der Waals surface area contributed by atoms with Gasteiger partial charge in [0.1, 0.15) is 11.5 Å². The van der Waals surface area contributed by atoms with Crippen molar-refractivity contribution >= 4 is 17.6 Å². The first-order chi connectivity index (χ1) is 9.10. The number of halogens is 1. The van der Waals surface area contributed by atoms with Crippen molar-refractivity contribution in [1.82, 2.24) is 0 Å². The molecular formula is C15H13ClO3. The van der Waals surface area contributed by atoms with Gasteiger partial charge in [-0.25, -0.2) is 4.79 Å². The lowest BCUT2D eigenvalue weighted by Crippen LogP contribution is -1.96. The van der Waals surface area contributed by atoms with E-state index >= 15 is 0 Å². The van der Waals surface area contributed by atoms with Crippen LogP contribution in [0.4, 0.5) is 0 Å². The Morgan fingerprint density at radius 3 is 2.68 bits per heavy atom. The molecule has 98 valence electrons. The molecule has 0 aliphatic rings. The summed E-state index contributed by atoms with van der Waals surface area (Å²) in [4.78, 5) is 10.8. The average molecular weight is 277 g/mol. The Morgan fingerprint density at radius 2 is 2.05 bits per heavy atom. The SMILES string of the molecule is CCc1cccc(Oc2ccc(C(=O)O)cc2Cl)c1. The topological polar surface area (TPSA) is 46.5 Å². The van der Waals surface area contributed by atoms with Gasteiger partial charge < -0.3 is 9.84 Å². The van der Waals surface area contributed by atoms with Gasteiger partial charge >= 0.3 is 5.97 Å². The fourth-order valence-corrected chi connectivity index (χ4v) is 1.89. The first-order valence-corrected chi connectivity index (χ1v) is 6.27. The number of benzene rings is 2. The first kappa shape index (κ1) is 13.4. The predicted octanol–water partition coefficient (Wildman–Crippen LogP) is 4.39. The number of hydrogen-bond donors (Lipinski definition) is 1. The summed E-state index contributed by atoms with van der Waals surface area (Å²) in [5, 5.41) is 9.14. The van der Waals surface area contributed by atoms with Gasteiger partial charge in [-0.1, -0.05) is 30.7 Å². The number of carboxylic acid groups (broad SMARTS) is 1. The van der Waals surface area contributed by atoms with Crippen molar-refractivity contribution in [2.24, 2.45) is 0 Å². The Morgan fingerprint density at radius 1 is 1.26 bits per heavy atom. The van der Waals surface area contributed by atoms with Gasteiger partial charge in [0.25, 0.3) is 0 Å². The minimum absolute atomic E-state index is 0.139. The largest absolute Gasteiger partial charge is 0.478 e. The summed E-state index contributed by atoms with van der Waals surface area (Å²) in [5.74, 6) is 0.116. The van der Waals surface area contributed by atoms with Crippen LogP contribution in [0.1, 0.15) is 22.8 Å². The van der Waals surface area contributed by atoms with E-state index in [4.69, 9.17) is 21.4 Å². The first-order valence-electron chi connectivity index (χ1n) is 5.90. The van der Waals surface area contributed by atoms with E-state index in [1.807, 2.05) is 24.3 Å². The summed E-state index contributed by atoms with van der Waals surface area (Å²) in [6.07, 6.45) is 0.920. The maximum absolute atomic E-state index is 10.8. The molecule has 0 aromatic heterocycles. The summed E-state index contributed by atoms with van der Waals surface area (Å²) >= 11 is 6.01. The minimum Gasteiger partial charge on any atom is -0.478 e. The molecule has 19 heavy (non-hydrogen) atoms. The Balaban J connectivity index is 2.25. The molecule has 3 nitrogen and oxygen atoms in total. The normalized spacial score (nSPS) is 10.2. The highest BCUT2D eigenvalue weighted by molar-refractivity contribution is 6.32. The zero-order valence-corrected chi connectivity index (χ0v) is 11.1. The number of aryl methyl sites for hydroxylation is 1. The van der Waals surface area contributed by atoms with Crippen molar-refractivity contribution in [1.29, 1.82) is 0 Å². The van der Waals surface area contributed by atoms with Crippen molar-refractivity contribution < 1.29 is 14.6 Å². The van der Waals surface area contributed by atoms with E-state index in [2.05, 4.69) is 6.92 Å². The second kappa shape index (κ2) is 5.76. The molecule has 0 saturated carbocycles. The van der Waals surface area contributed by atoms with E-state index in [1.165, 1.54) is 12.1 Å². The number of rotatable bonds is 4. The van der Waals surface area contributed by atoms with Crippen molar-refractivity contribution in [2.75, 3.05) is 0 Å². The van der Waals surface area contributed by atoms with E-state index in [1.54, 1.807) is 6.07 Å². The third-order valence-corrected chi connectivity index (χ3v) is 3.01. The molecule has 0 aliphatic carbocycles. The number of ether oxygens (including phenoxy) is 1. The van der Waals surface area contributed by atoms with Crippen LogP contribution in [0.3, 0.4) is 0 Å². The van der Waals surface area contributed by atoms with Crippen molar-refractivity contribution in [3.05, 3.63) is 58.6 Å². The maximum Gasteiger partial charge on any atom is 0.335 e. The van der Waals surface area contributed by atoms with Crippen molar-refractivity contribution in [3.63, 3.8) is 0 Å². The fourth-order valence-electron chi connectivity index (χ4n) is 1.67. The molecule has 0 amide bonds. The van der Waals surface area contributed by atoms with Crippen molar-refractivity contribution in [2.45, 2.75) is 13.3 Å². The zero-order valence-electron chi connectivity index (χ0n) is 10.4. The van der Waals surface area contributed by atoms with E-state index in [0.717, 1.165) is 12.0 Å². The molecule has 2 rings (SSSR count). The molecule has 0 heterocycles. The third-order valence-electron chi connectivity index (χ3n) is 2.71. The van der Waals surface area contributed by atoms with E-state index in [9.17, 15) is 4.79 Å². The zero-order chi connectivity index (χ0) is 13.8. The summed E-state index contributed by atoms with van der Waals surface area (Å²) in [5.41, 5.74) is 1.30. The third kappa shape index (κ3) is 3.26. The Labute approximate surface area is 116 Å². The van der Waals surface area contributed by atoms with E-state index in [0.29, 0.717) is 11.5 Å². The molecule has 0 radical (unpaired) electrons. The van der Waals surface area contributed by atoms with Crippen LogP contribution in [-0.2, 0) is 6.42 Å². The molecule has 0 fully saturated rings. The Hall–Kier alpha value is -2.00. The molecule has 0 atom stereocenters.